The molecule has 0 aliphatic carbocycles. The number of likely N-dealkylation sites (N-methyl/N-ethyl adjacent to an activating group) is 3. The van der Waals surface area contributed by atoms with Crippen LogP contribution in [0.4, 0.5) is 0 Å². The molecule has 120 valence electrons. The quantitative estimate of drug-likeness (QED) is 0.754. The third-order valence-electron chi connectivity index (χ3n) is 3.88. The molecule has 1 rings (SSSR count). The Morgan fingerprint density at radius 1 is 0.952 bits per heavy atom. The molecule has 0 heterocycles. The molecular weight excluding hydrogens is 258 g/mol. The summed E-state index contributed by atoms with van der Waals surface area (Å²) in [5, 5.41) is 3.61. The van der Waals surface area contributed by atoms with E-state index in [1.165, 1.54) is 11.1 Å². The number of hydrogen-bond donors (Lipinski definition) is 1. The summed E-state index contributed by atoms with van der Waals surface area (Å²) in [6.07, 6.45) is 0. The monoisotopic (exact) mass is 291 g/mol. The third-order valence-corrected chi connectivity index (χ3v) is 3.88. The molecular formula is C18H33N3. The molecule has 0 saturated heterocycles. The highest BCUT2D eigenvalue weighted by Crippen LogP contribution is 2.19. The van der Waals surface area contributed by atoms with Crippen LogP contribution in [0.1, 0.15) is 43.9 Å². The minimum atomic E-state index is 0.406. The van der Waals surface area contributed by atoms with Crippen LogP contribution >= 0.6 is 0 Å². The highest BCUT2D eigenvalue weighted by atomic mass is 15.2. The largest absolute Gasteiger partial charge is 0.309 e. The summed E-state index contributed by atoms with van der Waals surface area (Å²) in [6, 6.07) is 9.50. The van der Waals surface area contributed by atoms with Gasteiger partial charge in [0, 0.05) is 25.7 Å². The Hall–Kier alpha value is -0.900. The topological polar surface area (TPSA) is 18.5 Å². The smallest absolute Gasteiger partial charge is 0.0449 e. The number of rotatable bonds is 9. The van der Waals surface area contributed by atoms with E-state index in [2.05, 4.69) is 81.3 Å². The van der Waals surface area contributed by atoms with Crippen molar-refractivity contribution in [2.75, 3.05) is 47.3 Å². The Balaban J connectivity index is 2.67. The molecule has 0 bridgehead atoms. The Bertz CT molecular complexity index is 384. The highest BCUT2D eigenvalue weighted by molar-refractivity contribution is 5.27. The van der Waals surface area contributed by atoms with Crippen molar-refractivity contribution in [3.8, 4) is 0 Å². The Kier molecular flexibility index (Phi) is 7.94. The molecule has 1 atom stereocenters. The third kappa shape index (κ3) is 6.60. The van der Waals surface area contributed by atoms with Crippen LogP contribution in [0, 0.1) is 0 Å². The fourth-order valence-corrected chi connectivity index (χ4v) is 2.42. The first-order valence-electron chi connectivity index (χ1n) is 8.10. The van der Waals surface area contributed by atoms with Gasteiger partial charge >= 0.3 is 0 Å². The SMILES string of the molecule is CCNC(CN(C)CCN(C)C)c1ccc(C(C)C)cc1. The van der Waals surface area contributed by atoms with Crippen LogP contribution in [0.25, 0.3) is 0 Å². The van der Waals surface area contributed by atoms with Crippen LogP contribution in [0.5, 0.6) is 0 Å². The Morgan fingerprint density at radius 2 is 1.52 bits per heavy atom. The van der Waals surface area contributed by atoms with E-state index in [1.54, 1.807) is 0 Å². The van der Waals surface area contributed by atoms with E-state index in [0.717, 1.165) is 26.2 Å². The predicted molar refractivity (Wildman–Crippen MR) is 93.0 cm³/mol. The molecule has 0 radical (unpaired) electrons. The van der Waals surface area contributed by atoms with Gasteiger partial charge in [-0.05, 0) is 44.7 Å². The van der Waals surface area contributed by atoms with Gasteiger partial charge in [-0.15, -0.1) is 0 Å². The summed E-state index contributed by atoms with van der Waals surface area (Å²) < 4.78 is 0. The zero-order valence-electron chi connectivity index (χ0n) is 14.7. The second-order valence-corrected chi connectivity index (χ2v) is 6.50. The normalized spacial score (nSPS) is 13.4. The lowest BCUT2D eigenvalue weighted by atomic mass is 9.99. The summed E-state index contributed by atoms with van der Waals surface area (Å²) in [6.45, 7) is 10.9. The molecule has 3 nitrogen and oxygen atoms in total. The Morgan fingerprint density at radius 3 is 2.00 bits per heavy atom. The van der Waals surface area contributed by atoms with Crippen molar-refractivity contribution >= 4 is 0 Å². The summed E-state index contributed by atoms with van der Waals surface area (Å²) >= 11 is 0. The molecule has 1 unspecified atom stereocenters. The maximum Gasteiger partial charge on any atom is 0.0449 e. The zero-order valence-corrected chi connectivity index (χ0v) is 14.7. The lowest BCUT2D eigenvalue weighted by molar-refractivity contribution is 0.257. The molecule has 0 amide bonds. The molecule has 0 aliphatic rings. The maximum atomic E-state index is 3.61. The lowest BCUT2D eigenvalue weighted by Crippen LogP contribution is -2.36. The van der Waals surface area contributed by atoms with Gasteiger partial charge in [0.15, 0.2) is 0 Å². The van der Waals surface area contributed by atoms with Crippen molar-refractivity contribution in [2.24, 2.45) is 0 Å². The van der Waals surface area contributed by atoms with Gasteiger partial charge in [-0.25, -0.2) is 0 Å². The summed E-state index contributed by atoms with van der Waals surface area (Å²) in [5.74, 6) is 0.597. The minimum Gasteiger partial charge on any atom is -0.309 e. The van der Waals surface area contributed by atoms with Crippen molar-refractivity contribution in [1.29, 1.82) is 0 Å². The summed E-state index contributed by atoms with van der Waals surface area (Å²) in [7, 11) is 6.46. The van der Waals surface area contributed by atoms with E-state index < -0.39 is 0 Å². The van der Waals surface area contributed by atoms with Crippen molar-refractivity contribution in [2.45, 2.75) is 32.7 Å². The fourth-order valence-electron chi connectivity index (χ4n) is 2.42. The summed E-state index contributed by atoms with van der Waals surface area (Å²) in [4.78, 5) is 4.64. The van der Waals surface area contributed by atoms with E-state index in [9.17, 15) is 0 Å². The van der Waals surface area contributed by atoms with Gasteiger partial charge in [-0.3, -0.25) is 0 Å². The van der Waals surface area contributed by atoms with Gasteiger partial charge in [0.1, 0.15) is 0 Å². The van der Waals surface area contributed by atoms with Crippen LogP contribution in [0.3, 0.4) is 0 Å². The highest BCUT2D eigenvalue weighted by Gasteiger charge is 2.13. The lowest BCUT2D eigenvalue weighted by Gasteiger charge is -2.26. The minimum absolute atomic E-state index is 0.406. The van der Waals surface area contributed by atoms with Crippen molar-refractivity contribution in [3.63, 3.8) is 0 Å². The van der Waals surface area contributed by atoms with E-state index in [1.807, 2.05) is 0 Å². The van der Waals surface area contributed by atoms with Gasteiger partial charge in [-0.2, -0.15) is 0 Å². The number of benzene rings is 1. The molecule has 21 heavy (non-hydrogen) atoms. The fraction of sp³-hybridized carbons (Fsp3) is 0.667. The average molecular weight is 291 g/mol. The molecule has 1 aromatic rings. The van der Waals surface area contributed by atoms with Crippen LogP contribution in [-0.2, 0) is 0 Å². The summed E-state index contributed by atoms with van der Waals surface area (Å²) in [5.41, 5.74) is 2.80. The molecule has 0 fully saturated rings. The van der Waals surface area contributed by atoms with E-state index in [4.69, 9.17) is 0 Å². The molecule has 0 spiro atoms. The molecule has 1 N–H and O–H groups in total. The number of hydrogen-bond acceptors (Lipinski definition) is 3. The van der Waals surface area contributed by atoms with Gasteiger partial charge < -0.3 is 15.1 Å². The first kappa shape index (κ1) is 18.1. The van der Waals surface area contributed by atoms with Gasteiger partial charge in [0.2, 0.25) is 0 Å². The molecule has 1 aromatic carbocycles. The average Bonchev–Trinajstić information content (AvgIpc) is 2.45. The number of nitrogens with zero attached hydrogens (tertiary/aromatic N) is 2. The number of nitrogens with one attached hydrogen (secondary N) is 1. The van der Waals surface area contributed by atoms with Crippen molar-refractivity contribution in [3.05, 3.63) is 35.4 Å². The maximum absolute atomic E-state index is 3.61. The Labute approximate surface area is 131 Å². The predicted octanol–water partition coefficient (Wildman–Crippen LogP) is 2.95. The van der Waals surface area contributed by atoms with Crippen molar-refractivity contribution < 1.29 is 0 Å². The van der Waals surface area contributed by atoms with Crippen LogP contribution < -0.4 is 5.32 Å². The molecule has 3 heteroatoms. The van der Waals surface area contributed by atoms with Crippen LogP contribution in [-0.4, -0.2) is 57.1 Å². The molecule has 0 aliphatic heterocycles. The first-order chi connectivity index (χ1) is 9.93. The van der Waals surface area contributed by atoms with Crippen molar-refractivity contribution in [1.82, 2.24) is 15.1 Å². The van der Waals surface area contributed by atoms with Gasteiger partial charge in [-0.1, -0.05) is 45.0 Å². The van der Waals surface area contributed by atoms with Gasteiger partial charge in [0.25, 0.3) is 0 Å². The second kappa shape index (κ2) is 9.19. The van der Waals surface area contributed by atoms with E-state index in [-0.39, 0.29) is 0 Å². The van der Waals surface area contributed by atoms with E-state index in [0.29, 0.717) is 12.0 Å². The molecule has 0 saturated carbocycles. The van der Waals surface area contributed by atoms with Crippen LogP contribution in [0.15, 0.2) is 24.3 Å². The zero-order chi connectivity index (χ0) is 15.8. The standard InChI is InChI=1S/C18H33N3/c1-7-19-18(14-21(6)13-12-20(4)5)17-10-8-16(9-11-17)15(2)3/h8-11,15,18-19H,7,12-14H2,1-6H3. The second-order valence-electron chi connectivity index (χ2n) is 6.50. The first-order valence-corrected chi connectivity index (χ1v) is 8.10. The van der Waals surface area contributed by atoms with Crippen LogP contribution in [0.2, 0.25) is 0 Å². The molecule has 0 aromatic heterocycles. The van der Waals surface area contributed by atoms with Gasteiger partial charge in [0.05, 0.1) is 0 Å². The van der Waals surface area contributed by atoms with E-state index >= 15 is 0 Å².